The van der Waals surface area contributed by atoms with Crippen LogP contribution in [-0.2, 0) is 0 Å². The minimum atomic E-state index is -0.424. The molecule has 2 aromatic carbocycles. The molecule has 0 fully saturated rings. The van der Waals surface area contributed by atoms with Crippen molar-refractivity contribution >= 4 is 27.0 Å². The van der Waals surface area contributed by atoms with Gasteiger partial charge in [0, 0.05) is 4.47 Å². The molecule has 0 spiro atoms. The van der Waals surface area contributed by atoms with E-state index in [2.05, 4.69) is 25.9 Å². The number of aromatic amines is 1. The summed E-state index contributed by atoms with van der Waals surface area (Å²) in [5.74, 6) is -0.517. The van der Waals surface area contributed by atoms with Crippen LogP contribution in [0.4, 0.5) is 8.78 Å². The van der Waals surface area contributed by atoms with Crippen molar-refractivity contribution in [1.29, 1.82) is 0 Å². The number of aromatic nitrogens is 2. The molecule has 0 radical (unpaired) electrons. The van der Waals surface area contributed by atoms with Crippen LogP contribution in [0.1, 0.15) is 0 Å². The van der Waals surface area contributed by atoms with Gasteiger partial charge in [-0.2, -0.15) is 0 Å². The lowest BCUT2D eigenvalue weighted by Gasteiger charge is -1.99. The van der Waals surface area contributed by atoms with Gasteiger partial charge >= 0.3 is 0 Å². The Morgan fingerprint density at radius 2 is 1.89 bits per heavy atom. The van der Waals surface area contributed by atoms with Crippen molar-refractivity contribution in [3.05, 3.63) is 52.5 Å². The summed E-state index contributed by atoms with van der Waals surface area (Å²) in [6.07, 6.45) is 0. The highest BCUT2D eigenvalue weighted by Gasteiger charge is 2.12. The predicted molar refractivity (Wildman–Crippen MR) is 69.1 cm³/mol. The molecule has 0 unspecified atom stereocenters. The largest absolute Gasteiger partial charge is 0.338 e. The number of halogens is 3. The van der Waals surface area contributed by atoms with Crippen molar-refractivity contribution in [1.82, 2.24) is 9.97 Å². The van der Waals surface area contributed by atoms with Gasteiger partial charge in [0.25, 0.3) is 0 Å². The van der Waals surface area contributed by atoms with E-state index in [-0.39, 0.29) is 5.52 Å². The van der Waals surface area contributed by atoms with Gasteiger partial charge in [-0.25, -0.2) is 13.8 Å². The first kappa shape index (κ1) is 11.3. The number of fused-ring (bicyclic) bond motifs is 1. The fraction of sp³-hybridized carbons (Fsp3) is 0. The number of nitrogens with one attached hydrogen (secondary N) is 1. The smallest absolute Gasteiger partial charge is 0.151 e. The third kappa shape index (κ3) is 1.80. The van der Waals surface area contributed by atoms with E-state index in [1.807, 2.05) is 0 Å². The molecule has 0 aliphatic heterocycles. The molecule has 0 saturated heterocycles. The fourth-order valence-corrected chi connectivity index (χ4v) is 2.14. The first-order valence-electron chi connectivity index (χ1n) is 5.25. The van der Waals surface area contributed by atoms with Gasteiger partial charge in [0.1, 0.15) is 17.2 Å². The van der Waals surface area contributed by atoms with Crippen LogP contribution in [0.5, 0.6) is 0 Å². The zero-order chi connectivity index (χ0) is 12.7. The molecule has 3 rings (SSSR count). The summed E-state index contributed by atoms with van der Waals surface area (Å²) in [5, 5.41) is 0. The van der Waals surface area contributed by atoms with Gasteiger partial charge in [-0.15, -0.1) is 0 Å². The molecular formula is C13H7BrF2N2. The molecule has 1 N–H and O–H groups in total. The Hall–Kier alpha value is -1.75. The number of rotatable bonds is 1. The third-order valence-corrected chi connectivity index (χ3v) is 3.14. The molecule has 5 heteroatoms. The van der Waals surface area contributed by atoms with Gasteiger partial charge in [0.2, 0.25) is 0 Å². The molecule has 0 aliphatic rings. The number of benzene rings is 2. The van der Waals surface area contributed by atoms with Gasteiger partial charge in [-0.1, -0.05) is 22.0 Å². The second-order valence-electron chi connectivity index (χ2n) is 3.85. The predicted octanol–water partition coefficient (Wildman–Crippen LogP) is 4.27. The van der Waals surface area contributed by atoms with Crippen LogP contribution in [-0.4, -0.2) is 9.97 Å². The Bertz CT molecular complexity index is 737. The Kier molecular flexibility index (Phi) is 2.63. The number of imidazole rings is 1. The molecule has 0 bridgehead atoms. The molecule has 0 aliphatic carbocycles. The van der Waals surface area contributed by atoms with Crippen LogP contribution in [0.15, 0.2) is 40.9 Å². The van der Waals surface area contributed by atoms with Crippen LogP contribution >= 0.6 is 15.9 Å². The topological polar surface area (TPSA) is 28.7 Å². The average molecular weight is 309 g/mol. The van der Waals surface area contributed by atoms with Crippen LogP contribution in [0.25, 0.3) is 22.4 Å². The lowest BCUT2D eigenvalue weighted by atomic mass is 10.2. The summed E-state index contributed by atoms with van der Waals surface area (Å²) in [4.78, 5) is 6.99. The second kappa shape index (κ2) is 4.17. The highest BCUT2D eigenvalue weighted by Crippen LogP contribution is 2.26. The summed E-state index contributed by atoms with van der Waals surface area (Å²) in [6, 6.07) is 9.25. The lowest BCUT2D eigenvalue weighted by molar-refractivity contribution is 0.629. The van der Waals surface area contributed by atoms with E-state index < -0.39 is 11.6 Å². The maximum absolute atomic E-state index is 13.8. The maximum Gasteiger partial charge on any atom is 0.151 e. The molecular weight excluding hydrogens is 302 g/mol. The van der Waals surface area contributed by atoms with E-state index >= 15 is 0 Å². The van der Waals surface area contributed by atoms with Gasteiger partial charge in [0.15, 0.2) is 5.82 Å². The maximum atomic E-state index is 13.8. The molecule has 0 amide bonds. The molecule has 1 heterocycles. The molecule has 90 valence electrons. The second-order valence-corrected chi connectivity index (χ2v) is 4.76. The molecule has 3 aromatic rings. The van der Waals surface area contributed by atoms with Gasteiger partial charge < -0.3 is 4.98 Å². The van der Waals surface area contributed by atoms with E-state index in [0.29, 0.717) is 21.4 Å². The van der Waals surface area contributed by atoms with Crippen molar-refractivity contribution < 1.29 is 8.78 Å². The number of para-hydroxylation sites is 1. The molecule has 18 heavy (non-hydrogen) atoms. The monoisotopic (exact) mass is 308 g/mol. The lowest BCUT2D eigenvalue weighted by Crippen LogP contribution is -1.86. The third-order valence-electron chi connectivity index (χ3n) is 2.65. The number of H-pyrrole nitrogens is 1. The number of nitrogens with zero attached hydrogens (tertiary/aromatic N) is 1. The minimum absolute atomic E-state index is 0.217. The average Bonchev–Trinajstić information content (AvgIpc) is 2.74. The molecule has 0 saturated carbocycles. The quantitative estimate of drug-likeness (QED) is 0.714. The SMILES string of the molecule is Fc1cc(Br)ccc1-c1nc2c(F)cccc2[nH]1. The zero-order valence-corrected chi connectivity index (χ0v) is 10.6. The van der Waals surface area contributed by atoms with E-state index in [1.54, 1.807) is 24.3 Å². The first-order chi connectivity index (χ1) is 8.65. The van der Waals surface area contributed by atoms with E-state index in [0.717, 1.165) is 0 Å². The highest BCUT2D eigenvalue weighted by molar-refractivity contribution is 9.10. The normalized spacial score (nSPS) is 11.1. The van der Waals surface area contributed by atoms with Crippen LogP contribution in [0.3, 0.4) is 0 Å². The standard InChI is InChI=1S/C13H7BrF2N2/c14-7-4-5-8(10(16)6-7)13-17-11-3-1-2-9(15)12(11)18-13/h1-6H,(H,17,18). The van der Waals surface area contributed by atoms with Crippen molar-refractivity contribution in [2.45, 2.75) is 0 Å². The Balaban J connectivity index is 2.23. The highest BCUT2D eigenvalue weighted by atomic mass is 79.9. The first-order valence-corrected chi connectivity index (χ1v) is 6.04. The summed E-state index contributed by atoms with van der Waals surface area (Å²) in [7, 11) is 0. The van der Waals surface area contributed by atoms with Crippen LogP contribution in [0.2, 0.25) is 0 Å². The van der Waals surface area contributed by atoms with E-state index in [9.17, 15) is 8.78 Å². The molecule has 1 aromatic heterocycles. The van der Waals surface area contributed by atoms with E-state index in [4.69, 9.17) is 0 Å². The Morgan fingerprint density at radius 1 is 1.06 bits per heavy atom. The Labute approximate surface area is 110 Å². The molecule has 0 atom stereocenters. The summed E-state index contributed by atoms with van der Waals surface area (Å²) in [5.41, 5.74) is 1.08. The number of hydrogen-bond donors (Lipinski definition) is 1. The van der Waals surface area contributed by atoms with Gasteiger partial charge in [-0.3, -0.25) is 0 Å². The van der Waals surface area contributed by atoms with Crippen LogP contribution in [0, 0.1) is 11.6 Å². The van der Waals surface area contributed by atoms with E-state index in [1.165, 1.54) is 12.1 Å². The van der Waals surface area contributed by atoms with Gasteiger partial charge in [0.05, 0.1) is 11.1 Å². The van der Waals surface area contributed by atoms with Crippen molar-refractivity contribution in [2.75, 3.05) is 0 Å². The minimum Gasteiger partial charge on any atom is -0.338 e. The van der Waals surface area contributed by atoms with Crippen LogP contribution < -0.4 is 0 Å². The van der Waals surface area contributed by atoms with Crippen molar-refractivity contribution in [2.24, 2.45) is 0 Å². The number of hydrogen-bond acceptors (Lipinski definition) is 1. The summed E-state index contributed by atoms with van der Waals surface area (Å²) < 4.78 is 27.9. The summed E-state index contributed by atoms with van der Waals surface area (Å²) >= 11 is 3.18. The molecule has 2 nitrogen and oxygen atoms in total. The van der Waals surface area contributed by atoms with Gasteiger partial charge in [-0.05, 0) is 30.3 Å². The van der Waals surface area contributed by atoms with Crippen molar-refractivity contribution in [3.63, 3.8) is 0 Å². The zero-order valence-electron chi connectivity index (χ0n) is 9.05. The summed E-state index contributed by atoms with van der Waals surface area (Å²) in [6.45, 7) is 0. The fourth-order valence-electron chi connectivity index (χ4n) is 1.81. The Morgan fingerprint density at radius 3 is 2.61 bits per heavy atom. The van der Waals surface area contributed by atoms with Crippen molar-refractivity contribution in [3.8, 4) is 11.4 Å².